The first-order valence-corrected chi connectivity index (χ1v) is 6.16. The van der Waals surface area contributed by atoms with Gasteiger partial charge < -0.3 is 15.2 Å². The Morgan fingerprint density at radius 1 is 1.59 bits per heavy atom. The molecule has 1 rings (SSSR count). The number of benzene rings is 1. The first-order chi connectivity index (χ1) is 8.08. The summed E-state index contributed by atoms with van der Waals surface area (Å²) in [6.07, 6.45) is 0.864. The van der Waals surface area contributed by atoms with Crippen molar-refractivity contribution in [2.24, 2.45) is 0 Å². The molecular formula is C12H16BrNO3. The number of rotatable bonds is 6. The normalized spacial score (nSPS) is 12.2. The molecular weight excluding hydrogens is 286 g/mol. The standard InChI is InChI=1S/C12H16BrNO3/c1-3-9(7-17-2)14-11-5-4-8(13)6-10(11)12(15)16/h4-6,9,14H,3,7H2,1-2H3,(H,15,16). The summed E-state index contributed by atoms with van der Waals surface area (Å²) < 4.78 is 5.82. The van der Waals surface area contributed by atoms with Crippen LogP contribution in [0.4, 0.5) is 5.69 Å². The van der Waals surface area contributed by atoms with Gasteiger partial charge in [0.25, 0.3) is 0 Å². The summed E-state index contributed by atoms with van der Waals surface area (Å²) in [4.78, 5) is 11.1. The van der Waals surface area contributed by atoms with Gasteiger partial charge in [-0.2, -0.15) is 0 Å². The van der Waals surface area contributed by atoms with E-state index in [0.29, 0.717) is 12.3 Å². The SMILES string of the molecule is CCC(COC)Nc1ccc(Br)cc1C(=O)O. The molecule has 94 valence electrons. The van der Waals surface area contributed by atoms with E-state index in [9.17, 15) is 4.79 Å². The molecule has 0 amide bonds. The third-order valence-electron chi connectivity index (χ3n) is 2.43. The second kappa shape index (κ2) is 6.61. The van der Waals surface area contributed by atoms with E-state index in [4.69, 9.17) is 9.84 Å². The van der Waals surface area contributed by atoms with Gasteiger partial charge in [-0.05, 0) is 24.6 Å². The van der Waals surface area contributed by atoms with Gasteiger partial charge in [0.2, 0.25) is 0 Å². The van der Waals surface area contributed by atoms with E-state index < -0.39 is 5.97 Å². The minimum Gasteiger partial charge on any atom is -0.478 e. The molecule has 0 fully saturated rings. The van der Waals surface area contributed by atoms with Crippen LogP contribution in [-0.2, 0) is 4.74 Å². The molecule has 0 saturated heterocycles. The molecule has 1 atom stereocenters. The third-order valence-corrected chi connectivity index (χ3v) is 2.93. The van der Waals surface area contributed by atoms with Crippen LogP contribution < -0.4 is 5.32 Å². The van der Waals surface area contributed by atoms with Crippen LogP contribution in [0.1, 0.15) is 23.7 Å². The van der Waals surface area contributed by atoms with Crippen molar-refractivity contribution in [1.29, 1.82) is 0 Å². The van der Waals surface area contributed by atoms with E-state index in [-0.39, 0.29) is 11.6 Å². The molecule has 0 aliphatic heterocycles. The van der Waals surface area contributed by atoms with Crippen molar-refractivity contribution in [3.05, 3.63) is 28.2 Å². The van der Waals surface area contributed by atoms with Crippen molar-refractivity contribution in [3.8, 4) is 0 Å². The summed E-state index contributed by atoms with van der Waals surface area (Å²) in [7, 11) is 1.63. The number of carbonyl (C=O) groups is 1. The molecule has 4 nitrogen and oxygen atoms in total. The van der Waals surface area contributed by atoms with Crippen LogP contribution in [0.2, 0.25) is 0 Å². The number of anilines is 1. The van der Waals surface area contributed by atoms with Crippen LogP contribution >= 0.6 is 15.9 Å². The average molecular weight is 302 g/mol. The van der Waals surface area contributed by atoms with E-state index in [0.717, 1.165) is 10.9 Å². The van der Waals surface area contributed by atoms with Gasteiger partial charge in [0.05, 0.1) is 12.2 Å². The fourth-order valence-electron chi connectivity index (χ4n) is 1.50. The van der Waals surface area contributed by atoms with Gasteiger partial charge in [-0.3, -0.25) is 0 Å². The van der Waals surface area contributed by atoms with E-state index >= 15 is 0 Å². The second-order valence-electron chi connectivity index (χ2n) is 3.70. The molecule has 0 aliphatic rings. The second-order valence-corrected chi connectivity index (χ2v) is 4.62. The van der Waals surface area contributed by atoms with E-state index in [1.54, 1.807) is 19.2 Å². The third kappa shape index (κ3) is 4.02. The van der Waals surface area contributed by atoms with Crippen LogP contribution in [-0.4, -0.2) is 30.8 Å². The molecule has 0 radical (unpaired) electrons. The number of methoxy groups -OCH3 is 1. The number of hydrogen-bond acceptors (Lipinski definition) is 3. The maximum Gasteiger partial charge on any atom is 0.337 e. The molecule has 5 heteroatoms. The van der Waals surface area contributed by atoms with Crippen LogP contribution in [0.3, 0.4) is 0 Å². The summed E-state index contributed by atoms with van der Waals surface area (Å²) in [6.45, 7) is 2.57. The fraction of sp³-hybridized carbons (Fsp3) is 0.417. The molecule has 1 aromatic rings. The van der Waals surface area contributed by atoms with Gasteiger partial charge >= 0.3 is 5.97 Å². The van der Waals surface area contributed by atoms with Gasteiger partial charge in [0.1, 0.15) is 0 Å². The first kappa shape index (κ1) is 14.0. The maximum absolute atomic E-state index is 11.1. The Bertz CT molecular complexity index is 395. The highest BCUT2D eigenvalue weighted by molar-refractivity contribution is 9.10. The van der Waals surface area contributed by atoms with Crippen molar-refractivity contribution in [1.82, 2.24) is 0 Å². The zero-order chi connectivity index (χ0) is 12.8. The lowest BCUT2D eigenvalue weighted by atomic mass is 10.1. The highest BCUT2D eigenvalue weighted by Gasteiger charge is 2.13. The number of carboxylic acids is 1. The topological polar surface area (TPSA) is 58.6 Å². The largest absolute Gasteiger partial charge is 0.478 e. The minimum atomic E-state index is -0.943. The van der Waals surface area contributed by atoms with Crippen molar-refractivity contribution in [3.63, 3.8) is 0 Å². The summed E-state index contributed by atoms with van der Waals surface area (Å²) >= 11 is 3.26. The number of hydrogen-bond donors (Lipinski definition) is 2. The van der Waals surface area contributed by atoms with Crippen molar-refractivity contribution >= 4 is 27.6 Å². The lowest BCUT2D eigenvalue weighted by Crippen LogP contribution is -2.25. The summed E-state index contributed by atoms with van der Waals surface area (Å²) in [5.74, 6) is -0.943. The fourth-order valence-corrected chi connectivity index (χ4v) is 1.86. The van der Waals surface area contributed by atoms with Gasteiger partial charge in [0.15, 0.2) is 0 Å². The maximum atomic E-state index is 11.1. The Labute approximate surface area is 109 Å². The number of aromatic carboxylic acids is 1. The molecule has 0 heterocycles. The summed E-state index contributed by atoms with van der Waals surface area (Å²) in [5, 5.41) is 12.3. The van der Waals surface area contributed by atoms with Gasteiger partial charge in [-0.1, -0.05) is 22.9 Å². The predicted octanol–water partition coefficient (Wildman–Crippen LogP) is 2.98. The minimum absolute atomic E-state index is 0.110. The molecule has 1 aromatic carbocycles. The lowest BCUT2D eigenvalue weighted by Gasteiger charge is -2.18. The van der Waals surface area contributed by atoms with Crippen LogP contribution in [0, 0.1) is 0 Å². The number of halogens is 1. The molecule has 1 unspecified atom stereocenters. The average Bonchev–Trinajstić information content (AvgIpc) is 2.30. The molecule has 0 saturated carbocycles. The van der Waals surface area contributed by atoms with Gasteiger partial charge in [-0.25, -0.2) is 4.79 Å². The monoisotopic (exact) mass is 301 g/mol. The van der Waals surface area contributed by atoms with Gasteiger partial charge in [0, 0.05) is 23.3 Å². The van der Waals surface area contributed by atoms with E-state index in [2.05, 4.69) is 21.2 Å². The highest BCUT2D eigenvalue weighted by Crippen LogP contribution is 2.22. The van der Waals surface area contributed by atoms with Crippen LogP contribution in [0.5, 0.6) is 0 Å². The van der Waals surface area contributed by atoms with Crippen LogP contribution in [0.25, 0.3) is 0 Å². The number of nitrogens with one attached hydrogen (secondary N) is 1. The number of ether oxygens (including phenoxy) is 1. The first-order valence-electron chi connectivity index (χ1n) is 5.36. The molecule has 0 aliphatic carbocycles. The molecule has 0 bridgehead atoms. The Kier molecular flexibility index (Phi) is 5.44. The Hall–Kier alpha value is -1.07. The van der Waals surface area contributed by atoms with Gasteiger partial charge in [-0.15, -0.1) is 0 Å². The predicted molar refractivity (Wildman–Crippen MR) is 70.7 cm³/mol. The molecule has 0 spiro atoms. The van der Waals surface area contributed by atoms with Crippen molar-refractivity contribution in [2.75, 3.05) is 19.0 Å². The van der Waals surface area contributed by atoms with Crippen molar-refractivity contribution in [2.45, 2.75) is 19.4 Å². The highest BCUT2D eigenvalue weighted by atomic mass is 79.9. The number of carboxylic acid groups (broad SMARTS) is 1. The zero-order valence-electron chi connectivity index (χ0n) is 9.87. The summed E-state index contributed by atoms with van der Waals surface area (Å²) in [5.41, 5.74) is 0.874. The zero-order valence-corrected chi connectivity index (χ0v) is 11.5. The smallest absolute Gasteiger partial charge is 0.337 e. The Balaban J connectivity index is 2.92. The lowest BCUT2D eigenvalue weighted by molar-refractivity contribution is 0.0697. The molecule has 2 N–H and O–H groups in total. The quantitative estimate of drug-likeness (QED) is 0.848. The van der Waals surface area contributed by atoms with E-state index in [1.807, 2.05) is 13.0 Å². The Morgan fingerprint density at radius 2 is 2.29 bits per heavy atom. The molecule has 0 aromatic heterocycles. The van der Waals surface area contributed by atoms with Crippen LogP contribution in [0.15, 0.2) is 22.7 Å². The van der Waals surface area contributed by atoms with E-state index in [1.165, 1.54) is 0 Å². The summed E-state index contributed by atoms with van der Waals surface area (Å²) in [6, 6.07) is 5.27. The molecule has 17 heavy (non-hydrogen) atoms. The van der Waals surface area contributed by atoms with Crippen molar-refractivity contribution < 1.29 is 14.6 Å². The Morgan fingerprint density at radius 3 is 2.82 bits per heavy atom.